The van der Waals surface area contributed by atoms with E-state index < -0.39 is 10.0 Å². The van der Waals surface area contributed by atoms with Gasteiger partial charge in [-0.15, -0.1) is 0 Å². The summed E-state index contributed by atoms with van der Waals surface area (Å²) < 4.78 is 22.9. The lowest BCUT2D eigenvalue weighted by Crippen LogP contribution is -2.16. The van der Waals surface area contributed by atoms with Gasteiger partial charge in [-0.05, 0) is 67.8 Å². The van der Waals surface area contributed by atoms with Crippen molar-refractivity contribution in [3.05, 3.63) is 58.7 Å². The van der Waals surface area contributed by atoms with Crippen LogP contribution in [0.1, 0.15) is 27.0 Å². The molecule has 0 aliphatic rings. The molecule has 0 heterocycles. The summed E-state index contributed by atoms with van der Waals surface area (Å²) in [6.45, 7) is 5.59. The van der Waals surface area contributed by atoms with Gasteiger partial charge in [-0.2, -0.15) is 0 Å². The third kappa shape index (κ3) is 3.93. The lowest BCUT2D eigenvalue weighted by atomic mass is 10.1. The van der Waals surface area contributed by atoms with E-state index >= 15 is 0 Å². The number of hydrogen-bond acceptors (Lipinski definition) is 3. The van der Waals surface area contributed by atoms with E-state index in [1.165, 1.54) is 12.1 Å². The standard InChI is InChI=1S/C16H18N2O3S/c1-10-4-11(2)7-14(6-10)18-16(19)13-5-12(3)8-15(9-13)22(17,20)21/h4-9H,1-3H3,(H,18,19)(H2,17,20,21). The number of nitrogens with two attached hydrogens (primary N) is 1. The maximum atomic E-state index is 12.3. The summed E-state index contributed by atoms with van der Waals surface area (Å²) in [4.78, 5) is 12.3. The molecule has 0 bridgehead atoms. The number of hydrogen-bond donors (Lipinski definition) is 2. The first kappa shape index (κ1) is 16.2. The van der Waals surface area contributed by atoms with E-state index in [1.807, 2.05) is 32.0 Å². The Morgan fingerprint density at radius 1 is 0.909 bits per heavy atom. The van der Waals surface area contributed by atoms with Crippen LogP contribution in [-0.4, -0.2) is 14.3 Å². The monoisotopic (exact) mass is 318 g/mol. The molecule has 0 aromatic heterocycles. The molecule has 0 fully saturated rings. The van der Waals surface area contributed by atoms with Crippen LogP contribution in [0.4, 0.5) is 5.69 Å². The molecule has 0 saturated carbocycles. The largest absolute Gasteiger partial charge is 0.322 e. The number of anilines is 1. The van der Waals surface area contributed by atoms with Gasteiger partial charge in [0.25, 0.3) is 5.91 Å². The Balaban J connectivity index is 2.35. The number of carbonyl (C=O) groups excluding carboxylic acids is 1. The van der Waals surface area contributed by atoms with Crippen LogP contribution in [0.5, 0.6) is 0 Å². The quantitative estimate of drug-likeness (QED) is 0.911. The minimum absolute atomic E-state index is 0.0712. The lowest BCUT2D eigenvalue weighted by molar-refractivity contribution is 0.102. The summed E-state index contributed by atoms with van der Waals surface area (Å²) in [5.74, 6) is -0.376. The van der Waals surface area contributed by atoms with Gasteiger partial charge in [-0.1, -0.05) is 6.07 Å². The van der Waals surface area contributed by atoms with Gasteiger partial charge < -0.3 is 5.32 Å². The molecule has 0 spiro atoms. The van der Waals surface area contributed by atoms with Crippen molar-refractivity contribution in [3.63, 3.8) is 0 Å². The van der Waals surface area contributed by atoms with Crippen LogP contribution in [0.25, 0.3) is 0 Å². The second kappa shape index (κ2) is 5.90. The van der Waals surface area contributed by atoms with Gasteiger partial charge in [-0.3, -0.25) is 4.79 Å². The van der Waals surface area contributed by atoms with Crippen LogP contribution in [-0.2, 0) is 10.0 Å². The molecule has 0 saturated heterocycles. The maximum absolute atomic E-state index is 12.3. The second-order valence-corrected chi connectivity index (χ2v) is 6.97. The first-order valence-corrected chi connectivity index (χ1v) is 8.24. The molecule has 3 N–H and O–H groups in total. The van der Waals surface area contributed by atoms with Crippen molar-refractivity contribution in [2.45, 2.75) is 25.7 Å². The molecule has 0 radical (unpaired) electrons. The smallest absolute Gasteiger partial charge is 0.255 e. The molecule has 0 unspecified atom stereocenters. The minimum atomic E-state index is -3.85. The van der Waals surface area contributed by atoms with Crippen molar-refractivity contribution in [1.82, 2.24) is 0 Å². The van der Waals surface area contributed by atoms with Gasteiger partial charge >= 0.3 is 0 Å². The van der Waals surface area contributed by atoms with Gasteiger partial charge in [0.15, 0.2) is 0 Å². The first-order valence-electron chi connectivity index (χ1n) is 6.69. The zero-order valence-corrected chi connectivity index (χ0v) is 13.5. The number of rotatable bonds is 3. The number of nitrogens with one attached hydrogen (secondary N) is 1. The molecule has 2 aromatic rings. The summed E-state index contributed by atoms with van der Waals surface area (Å²) in [5, 5.41) is 7.90. The van der Waals surface area contributed by atoms with Crippen molar-refractivity contribution < 1.29 is 13.2 Å². The Labute approximate surface area is 130 Å². The van der Waals surface area contributed by atoms with Crippen LogP contribution < -0.4 is 10.5 Å². The van der Waals surface area contributed by atoms with E-state index in [0.29, 0.717) is 11.3 Å². The highest BCUT2D eigenvalue weighted by molar-refractivity contribution is 7.89. The highest BCUT2D eigenvalue weighted by atomic mass is 32.2. The molecule has 2 aromatic carbocycles. The number of benzene rings is 2. The van der Waals surface area contributed by atoms with Crippen molar-refractivity contribution in [2.75, 3.05) is 5.32 Å². The number of sulfonamides is 1. The maximum Gasteiger partial charge on any atom is 0.255 e. The summed E-state index contributed by atoms with van der Waals surface area (Å²) in [5.41, 5.74) is 3.64. The minimum Gasteiger partial charge on any atom is -0.322 e. The lowest BCUT2D eigenvalue weighted by Gasteiger charge is -2.09. The predicted molar refractivity (Wildman–Crippen MR) is 86.4 cm³/mol. The van der Waals surface area contributed by atoms with E-state index in [2.05, 4.69) is 5.32 Å². The van der Waals surface area contributed by atoms with E-state index in [-0.39, 0.29) is 16.4 Å². The fraction of sp³-hybridized carbons (Fsp3) is 0.188. The molecule has 0 aliphatic heterocycles. The van der Waals surface area contributed by atoms with Crippen LogP contribution in [0.15, 0.2) is 41.3 Å². The molecule has 1 amide bonds. The summed E-state index contributed by atoms with van der Waals surface area (Å²) in [6.07, 6.45) is 0. The average Bonchev–Trinajstić information content (AvgIpc) is 2.35. The van der Waals surface area contributed by atoms with E-state index in [1.54, 1.807) is 13.0 Å². The van der Waals surface area contributed by atoms with Gasteiger partial charge in [0, 0.05) is 11.3 Å². The number of aryl methyl sites for hydroxylation is 3. The van der Waals surface area contributed by atoms with E-state index in [9.17, 15) is 13.2 Å². The summed E-state index contributed by atoms with van der Waals surface area (Å²) in [7, 11) is -3.85. The Bertz CT molecular complexity index is 822. The molecular formula is C16H18N2O3S. The van der Waals surface area contributed by atoms with Gasteiger partial charge in [0.1, 0.15) is 0 Å². The van der Waals surface area contributed by atoms with Crippen LogP contribution in [0.3, 0.4) is 0 Å². The Morgan fingerprint density at radius 3 is 2.00 bits per heavy atom. The zero-order valence-electron chi connectivity index (χ0n) is 12.7. The highest BCUT2D eigenvalue weighted by Crippen LogP contribution is 2.17. The predicted octanol–water partition coefficient (Wildman–Crippen LogP) is 2.51. The zero-order chi connectivity index (χ0) is 16.5. The third-order valence-corrected chi connectivity index (χ3v) is 4.01. The van der Waals surface area contributed by atoms with Crippen molar-refractivity contribution in [1.29, 1.82) is 0 Å². The Morgan fingerprint density at radius 2 is 1.45 bits per heavy atom. The Hall–Kier alpha value is -2.18. The molecule has 0 aliphatic carbocycles. The van der Waals surface area contributed by atoms with Gasteiger partial charge in [-0.25, -0.2) is 13.6 Å². The average molecular weight is 318 g/mol. The summed E-state index contributed by atoms with van der Waals surface area (Å²) in [6, 6.07) is 10.0. The molecular weight excluding hydrogens is 300 g/mol. The SMILES string of the molecule is Cc1cc(C)cc(NC(=O)c2cc(C)cc(S(N)(=O)=O)c2)c1. The molecule has 116 valence electrons. The molecule has 5 nitrogen and oxygen atoms in total. The van der Waals surface area contributed by atoms with Crippen molar-refractivity contribution >= 4 is 21.6 Å². The molecule has 0 atom stereocenters. The van der Waals surface area contributed by atoms with Gasteiger partial charge in [0.2, 0.25) is 10.0 Å². The molecule has 6 heteroatoms. The first-order chi connectivity index (χ1) is 10.1. The summed E-state index contributed by atoms with van der Waals surface area (Å²) >= 11 is 0. The fourth-order valence-electron chi connectivity index (χ4n) is 2.29. The molecule has 2 rings (SSSR count). The number of amides is 1. The Kier molecular flexibility index (Phi) is 4.35. The highest BCUT2D eigenvalue weighted by Gasteiger charge is 2.14. The molecule has 22 heavy (non-hydrogen) atoms. The van der Waals surface area contributed by atoms with Crippen molar-refractivity contribution in [2.24, 2.45) is 5.14 Å². The number of carbonyl (C=O) groups is 1. The topological polar surface area (TPSA) is 89.3 Å². The van der Waals surface area contributed by atoms with E-state index in [4.69, 9.17) is 5.14 Å². The fourth-order valence-corrected chi connectivity index (χ4v) is 2.93. The van der Waals surface area contributed by atoms with Crippen LogP contribution in [0, 0.1) is 20.8 Å². The van der Waals surface area contributed by atoms with Gasteiger partial charge in [0.05, 0.1) is 4.90 Å². The third-order valence-electron chi connectivity index (χ3n) is 3.12. The second-order valence-electron chi connectivity index (χ2n) is 5.41. The van der Waals surface area contributed by atoms with Crippen molar-refractivity contribution in [3.8, 4) is 0 Å². The van der Waals surface area contributed by atoms with Crippen LogP contribution >= 0.6 is 0 Å². The normalized spacial score (nSPS) is 11.3. The van der Waals surface area contributed by atoms with E-state index in [0.717, 1.165) is 11.1 Å². The number of primary sulfonamides is 1. The van der Waals surface area contributed by atoms with Crippen LogP contribution in [0.2, 0.25) is 0 Å².